The topological polar surface area (TPSA) is 76.8 Å². The fraction of sp³-hybridized carbons (Fsp3) is 0.360. The lowest BCUT2D eigenvalue weighted by Gasteiger charge is -2.32. The fourth-order valence-corrected chi connectivity index (χ4v) is 3.89. The first kappa shape index (κ1) is 24.2. The molecule has 0 aliphatic carbocycles. The van der Waals surface area contributed by atoms with Crippen LogP contribution >= 0.6 is 11.6 Å². The molecule has 0 bridgehead atoms. The molecule has 1 fully saturated rings. The van der Waals surface area contributed by atoms with Gasteiger partial charge < -0.3 is 19.2 Å². The van der Waals surface area contributed by atoms with Crippen molar-refractivity contribution in [3.05, 3.63) is 70.8 Å². The summed E-state index contributed by atoms with van der Waals surface area (Å²) in [7, 11) is 0. The van der Waals surface area contributed by atoms with Gasteiger partial charge in [-0.1, -0.05) is 17.7 Å². The average Bonchev–Trinajstić information content (AvgIpc) is 3.18. The highest BCUT2D eigenvalue weighted by Crippen LogP contribution is 2.22. The maximum Gasteiger partial charge on any atom is 0.226 e. The lowest BCUT2D eigenvalue weighted by Crippen LogP contribution is -2.48. The van der Waals surface area contributed by atoms with E-state index in [0.29, 0.717) is 54.2 Å². The monoisotopic (exact) mass is 487 g/mol. The molecule has 0 spiro atoms. The Morgan fingerprint density at radius 3 is 2.91 bits per heavy atom. The minimum Gasteiger partial charge on any atom is -0.492 e. The summed E-state index contributed by atoms with van der Waals surface area (Å²) in [5, 5.41) is 3.57. The Hall–Kier alpha value is -2.94. The van der Waals surface area contributed by atoms with Gasteiger partial charge in [0.25, 0.3) is 0 Å². The predicted octanol–water partition coefficient (Wildman–Crippen LogP) is 3.88. The van der Waals surface area contributed by atoms with Gasteiger partial charge in [-0.25, -0.2) is 9.37 Å². The molecule has 0 radical (unpaired) electrons. The van der Waals surface area contributed by atoms with Gasteiger partial charge in [-0.3, -0.25) is 9.69 Å². The number of hydrogen-bond acceptors (Lipinski definition) is 6. The fourth-order valence-electron chi connectivity index (χ4n) is 3.71. The molecule has 4 rings (SSSR count). The number of nitrogens with zero attached hydrogens (tertiary/aromatic N) is 2. The van der Waals surface area contributed by atoms with Crippen molar-refractivity contribution in [3.63, 3.8) is 0 Å². The van der Waals surface area contributed by atoms with Crippen LogP contribution in [-0.4, -0.2) is 61.3 Å². The molecular weight excluding hydrogens is 461 g/mol. The Balaban J connectivity index is 1.21. The first-order valence-electron chi connectivity index (χ1n) is 11.2. The second-order valence-corrected chi connectivity index (χ2v) is 8.55. The van der Waals surface area contributed by atoms with Crippen LogP contribution in [0.2, 0.25) is 5.02 Å². The van der Waals surface area contributed by atoms with Crippen LogP contribution in [0.4, 0.5) is 4.39 Å². The Kier molecular flexibility index (Phi) is 8.16. The first-order chi connectivity index (χ1) is 16.5. The molecule has 0 unspecified atom stereocenters. The third-order valence-electron chi connectivity index (χ3n) is 5.53. The summed E-state index contributed by atoms with van der Waals surface area (Å²) in [5.41, 5.74) is 1.22. The predicted molar refractivity (Wildman–Crippen MR) is 126 cm³/mol. The maximum atomic E-state index is 13.1. The van der Waals surface area contributed by atoms with E-state index in [1.54, 1.807) is 25.1 Å². The van der Waals surface area contributed by atoms with Crippen LogP contribution in [-0.2, 0) is 16.0 Å². The quantitative estimate of drug-likeness (QED) is 0.493. The Morgan fingerprint density at radius 1 is 1.29 bits per heavy atom. The van der Waals surface area contributed by atoms with Gasteiger partial charge >= 0.3 is 0 Å². The van der Waals surface area contributed by atoms with Crippen molar-refractivity contribution in [2.45, 2.75) is 19.4 Å². The van der Waals surface area contributed by atoms with Crippen molar-refractivity contribution in [1.29, 1.82) is 0 Å². The number of nitrogens with one attached hydrogen (secondary N) is 1. The zero-order valence-electron chi connectivity index (χ0n) is 18.9. The van der Waals surface area contributed by atoms with Crippen molar-refractivity contribution in [2.75, 3.05) is 39.4 Å². The van der Waals surface area contributed by atoms with Gasteiger partial charge in [0.2, 0.25) is 11.8 Å². The number of carbonyl (C=O) groups excluding carboxylic acids is 1. The van der Waals surface area contributed by atoms with Crippen molar-refractivity contribution in [1.82, 2.24) is 15.2 Å². The van der Waals surface area contributed by atoms with E-state index in [0.717, 1.165) is 18.8 Å². The highest BCUT2D eigenvalue weighted by atomic mass is 35.5. The number of ether oxygens (including phenoxy) is 2. The first-order valence-corrected chi connectivity index (χ1v) is 11.6. The summed E-state index contributed by atoms with van der Waals surface area (Å²) in [6.45, 7) is 5.58. The SMILES string of the molecule is Cc1oc(-c2ccc(F)cc2)nc1CC(=O)NC[C@H]1CN(CCOc2cccc(Cl)c2)CCO1. The molecule has 1 N–H and O–H groups in total. The Labute approximate surface area is 202 Å². The van der Waals surface area contributed by atoms with Gasteiger partial charge in [-0.15, -0.1) is 0 Å². The van der Waals surface area contributed by atoms with Crippen molar-refractivity contribution >= 4 is 17.5 Å². The molecule has 9 heteroatoms. The highest BCUT2D eigenvalue weighted by molar-refractivity contribution is 6.30. The third-order valence-corrected chi connectivity index (χ3v) is 5.77. The second kappa shape index (κ2) is 11.5. The molecule has 2 heterocycles. The number of amides is 1. The minimum atomic E-state index is -0.330. The number of rotatable bonds is 9. The van der Waals surface area contributed by atoms with Gasteiger partial charge in [0, 0.05) is 36.8 Å². The molecule has 1 aromatic heterocycles. The van der Waals surface area contributed by atoms with Gasteiger partial charge in [0.1, 0.15) is 23.9 Å². The van der Waals surface area contributed by atoms with E-state index in [2.05, 4.69) is 15.2 Å². The zero-order chi connectivity index (χ0) is 23.9. The van der Waals surface area contributed by atoms with Crippen LogP contribution in [0.15, 0.2) is 52.9 Å². The van der Waals surface area contributed by atoms with Gasteiger partial charge in [0.05, 0.1) is 24.8 Å². The standard InChI is InChI=1S/C25H27ClFN3O4/c1-17-23(29-25(34-17)18-5-7-20(27)8-6-18)14-24(31)28-15-22-16-30(10-12-33-22)9-11-32-21-4-2-3-19(26)13-21/h2-8,13,22H,9-12,14-16H2,1H3,(H,28,31)/t22-/m0/s1. The molecule has 180 valence electrons. The number of morpholine rings is 1. The summed E-state index contributed by atoms with van der Waals surface area (Å²) < 4.78 is 30.4. The summed E-state index contributed by atoms with van der Waals surface area (Å²) in [6.07, 6.45) is -0.00230. The number of halogens is 2. The number of benzene rings is 2. The zero-order valence-corrected chi connectivity index (χ0v) is 19.7. The third kappa shape index (κ3) is 6.79. The normalized spacial score (nSPS) is 16.4. The molecule has 1 aliphatic rings. The molecule has 34 heavy (non-hydrogen) atoms. The number of hydrogen-bond donors (Lipinski definition) is 1. The van der Waals surface area contributed by atoms with E-state index >= 15 is 0 Å². The van der Waals surface area contributed by atoms with Crippen LogP contribution in [0.5, 0.6) is 5.75 Å². The second-order valence-electron chi connectivity index (χ2n) is 8.11. The van der Waals surface area contributed by atoms with E-state index in [-0.39, 0.29) is 24.2 Å². The molecule has 1 saturated heterocycles. The molecule has 1 atom stereocenters. The smallest absolute Gasteiger partial charge is 0.226 e. The minimum absolute atomic E-state index is 0.0977. The van der Waals surface area contributed by atoms with E-state index < -0.39 is 0 Å². The maximum absolute atomic E-state index is 13.1. The Morgan fingerprint density at radius 2 is 2.12 bits per heavy atom. The van der Waals surface area contributed by atoms with Crippen LogP contribution in [0.3, 0.4) is 0 Å². The van der Waals surface area contributed by atoms with Crippen molar-refractivity contribution < 1.29 is 23.1 Å². The summed E-state index contributed by atoms with van der Waals surface area (Å²) in [5.74, 6) is 1.19. The van der Waals surface area contributed by atoms with Crippen LogP contribution < -0.4 is 10.1 Å². The molecular formula is C25H27ClFN3O4. The molecule has 2 aromatic carbocycles. The number of oxazole rings is 1. The highest BCUT2D eigenvalue weighted by Gasteiger charge is 2.22. The summed E-state index contributed by atoms with van der Waals surface area (Å²) >= 11 is 5.98. The van der Waals surface area contributed by atoms with Crippen LogP contribution in [0, 0.1) is 12.7 Å². The summed E-state index contributed by atoms with van der Waals surface area (Å²) in [4.78, 5) is 19.2. The average molecular weight is 488 g/mol. The van der Waals surface area contributed by atoms with Gasteiger partial charge in [-0.2, -0.15) is 0 Å². The molecule has 3 aromatic rings. The van der Waals surface area contributed by atoms with Gasteiger partial charge in [-0.05, 0) is 49.4 Å². The lowest BCUT2D eigenvalue weighted by atomic mass is 10.2. The van der Waals surface area contributed by atoms with Crippen molar-refractivity contribution in [3.8, 4) is 17.2 Å². The van der Waals surface area contributed by atoms with E-state index in [1.807, 2.05) is 18.2 Å². The number of carbonyl (C=O) groups is 1. The van der Waals surface area contributed by atoms with Gasteiger partial charge in [0.15, 0.2) is 0 Å². The van der Waals surface area contributed by atoms with E-state index in [4.69, 9.17) is 25.5 Å². The van der Waals surface area contributed by atoms with E-state index in [1.165, 1.54) is 12.1 Å². The molecule has 0 saturated carbocycles. The molecule has 7 nitrogen and oxygen atoms in total. The molecule has 1 aliphatic heterocycles. The molecule has 1 amide bonds. The lowest BCUT2D eigenvalue weighted by molar-refractivity contribution is -0.121. The number of aromatic nitrogens is 1. The van der Waals surface area contributed by atoms with Crippen LogP contribution in [0.1, 0.15) is 11.5 Å². The van der Waals surface area contributed by atoms with Crippen LogP contribution in [0.25, 0.3) is 11.5 Å². The van der Waals surface area contributed by atoms with E-state index in [9.17, 15) is 9.18 Å². The largest absolute Gasteiger partial charge is 0.492 e. The number of aryl methyl sites for hydroxylation is 1. The summed E-state index contributed by atoms with van der Waals surface area (Å²) in [6, 6.07) is 13.2. The van der Waals surface area contributed by atoms with Crippen molar-refractivity contribution in [2.24, 2.45) is 0 Å². The Bertz CT molecular complexity index is 1110.